The standard InChI is InChI=1S/C29H29F3N2O5/c1-28(2,18-38-16-19-4-3-5-24(12-19)29(30,31)32)34-15-25(35)17-39-26-13-22(10-11-23(26)14-33)20-6-8-21(9-7-20)27(36)37/h3-13,25,34-35H,15-18H2,1-2H3,(H,36,37). The van der Waals surface area contributed by atoms with Gasteiger partial charge < -0.3 is 25.0 Å². The number of β-amino-alcohol motifs (C(OH)–C–C–N with tert-alkyl or cyclic N) is 1. The second-order valence-corrected chi connectivity index (χ2v) is 9.63. The number of hydrogen-bond donors (Lipinski definition) is 3. The van der Waals surface area contributed by atoms with Crippen molar-refractivity contribution in [3.05, 3.63) is 89.0 Å². The Kier molecular flexibility index (Phi) is 9.70. The van der Waals surface area contributed by atoms with Crippen molar-refractivity contribution in [3.8, 4) is 22.9 Å². The van der Waals surface area contributed by atoms with E-state index in [0.29, 0.717) is 11.1 Å². The van der Waals surface area contributed by atoms with E-state index in [0.717, 1.165) is 17.7 Å². The van der Waals surface area contributed by atoms with E-state index in [-0.39, 0.29) is 43.2 Å². The number of carboxylic acid groups (broad SMARTS) is 1. The van der Waals surface area contributed by atoms with Crippen LogP contribution in [0, 0.1) is 11.3 Å². The number of carbonyl (C=O) groups is 1. The molecule has 3 N–H and O–H groups in total. The zero-order valence-corrected chi connectivity index (χ0v) is 21.5. The van der Waals surface area contributed by atoms with Gasteiger partial charge in [0.1, 0.15) is 24.5 Å². The summed E-state index contributed by atoms with van der Waals surface area (Å²) in [6.45, 7) is 3.88. The van der Waals surface area contributed by atoms with Crippen LogP contribution in [-0.2, 0) is 17.5 Å². The van der Waals surface area contributed by atoms with Gasteiger partial charge in [0.05, 0.1) is 29.9 Å². The van der Waals surface area contributed by atoms with Crippen molar-refractivity contribution in [3.63, 3.8) is 0 Å². The Labute approximate surface area is 224 Å². The van der Waals surface area contributed by atoms with Crippen molar-refractivity contribution >= 4 is 5.97 Å². The fraction of sp³-hybridized carbons (Fsp3) is 0.310. The highest BCUT2D eigenvalue weighted by Crippen LogP contribution is 2.30. The fourth-order valence-electron chi connectivity index (χ4n) is 3.67. The van der Waals surface area contributed by atoms with Crippen molar-refractivity contribution in [2.24, 2.45) is 0 Å². The zero-order chi connectivity index (χ0) is 28.6. The molecule has 1 unspecified atom stereocenters. The molecule has 0 radical (unpaired) electrons. The highest BCUT2D eigenvalue weighted by Gasteiger charge is 2.30. The molecule has 0 aliphatic rings. The zero-order valence-electron chi connectivity index (χ0n) is 21.5. The monoisotopic (exact) mass is 542 g/mol. The maximum absolute atomic E-state index is 12.9. The van der Waals surface area contributed by atoms with Crippen LogP contribution in [0.15, 0.2) is 66.7 Å². The van der Waals surface area contributed by atoms with Crippen LogP contribution >= 0.6 is 0 Å². The van der Waals surface area contributed by atoms with Gasteiger partial charge in [0, 0.05) is 12.1 Å². The van der Waals surface area contributed by atoms with Gasteiger partial charge in [-0.2, -0.15) is 18.4 Å². The predicted octanol–water partition coefficient (Wildman–Crippen LogP) is 5.27. The third kappa shape index (κ3) is 8.82. The summed E-state index contributed by atoms with van der Waals surface area (Å²) in [4.78, 5) is 11.1. The Morgan fingerprint density at radius 1 is 1.05 bits per heavy atom. The summed E-state index contributed by atoms with van der Waals surface area (Å²) in [5.41, 5.74) is 0.972. The largest absolute Gasteiger partial charge is 0.489 e. The predicted molar refractivity (Wildman–Crippen MR) is 138 cm³/mol. The average Bonchev–Trinajstić information content (AvgIpc) is 2.90. The van der Waals surface area contributed by atoms with E-state index in [1.54, 1.807) is 36.4 Å². The van der Waals surface area contributed by atoms with E-state index in [2.05, 4.69) is 5.32 Å². The molecule has 3 rings (SSSR count). The van der Waals surface area contributed by atoms with Crippen LogP contribution in [-0.4, -0.2) is 47.6 Å². The van der Waals surface area contributed by atoms with E-state index in [1.165, 1.54) is 18.2 Å². The highest BCUT2D eigenvalue weighted by atomic mass is 19.4. The van der Waals surface area contributed by atoms with Crippen molar-refractivity contribution in [2.45, 2.75) is 38.3 Å². The quantitative estimate of drug-likeness (QED) is 0.286. The number of benzene rings is 3. The number of alkyl halides is 3. The molecule has 206 valence electrons. The number of nitrogens with one attached hydrogen (secondary N) is 1. The smallest absolute Gasteiger partial charge is 0.416 e. The van der Waals surface area contributed by atoms with Gasteiger partial charge in [-0.05, 0) is 66.9 Å². The molecule has 0 saturated carbocycles. The average molecular weight is 543 g/mol. The molecule has 0 spiro atoms. The number of carboxylic acids is 1. The van der Waals surface area contributed by atoms with Gasteiger partial charge >= 0.3 is 12.1 Å². The van der Waals surface area contributed by atoms with Crippen molar-refractivity contribution in [1.29, 1.82) is 5.26 Å². The molecule has 0 aliphatic carbocycles. The van der Waals surface area contributed by atoms with Crippen LogP contribution in [0.4, 0.5) is 13.2 Å². The summed E-state index contributed by atoms with van der Waals surface area (Å²) in [6, 6.07) is 18.3. The topological polar surface area (TPSA) is 112 Å². The summed E-state index contributed by atoms with van der Waals surface area (Å²) in [5.74, 6) is -0.751. The molecule has 0 aliphatic heterocycles. The number of halogens is 3. The number of aliphatic hydroxyl groups is 1. The molecule has 0 saturated heterocycles. The minimum absolute atomic E-state index is 0.00695. The normalized spacial score (nSPS) is 12.5. The molecule has 0 fully saturated rings. The Morgan fingerprint density at radius 3 is 2.38 bits per heavy atom. The van der Waals surface area contributed by atoms with Crippen LogP contribution in [0.3, 0.4) is 0 Å². The summed E-state index contributed by atoms with van der Waals surface area (Å²) in [5, 5.41) is 32.1. The molecule has 0 aromatic heterocycles. The first-order chi connectivity index (χ1) is 18.4. The molecule has 7 nitrogen and oxygen atoms in total. The van der Waals surface area contributed by atoms with Crippen LogP contribution in [0.25, 0.3) is 11.1 Å². The van der Waals surface area contributed by atoms with Gasteiger partial charge in [-0.1, -0.05) is 30.3 Å². The molecule has 39 heavy (non-hydrogen) atoms. The van der Waals surface area contributed by atoms with E-state index >= 15 is 0 Å². The third-order valence-corrected chi connectivity index (χ3v) is 5.80. The van der Waals surface area contributed by atoms with Gasteiger partial charge in [0.25, 0.3) is 0 Å². The van der Waals surface area contributed by atoms with Crippen LogP contribution in [0.1, 0.15) is 40.9 Å². The lowest BCUT2D eigenvalue weighted by Gasteiger charge is -2.27. The van der Waals surface area contributed by atoms with Crippen molar-refractivity contribution < 1.29 is 37.7 Å². The molecule has 0 amide bonds. The number of rotatable bonds is 12. The Balaban J connectivity index is 1.51. The number of ether oxygens (including phenoxy) is 2. The number of nitrogens with zero attached hydrogens (tertiary/aromatic N) is 1. The summed E-state index contributed by atoms with van der Waals surface area (Å²) >= 11 is 0. The molecular weight excluding hydrogens is 513 g/mol. The summed E-state index contributed by atoms with van der Waals surface area (Å²) in [6.07, 6.45) is -5.35. The van der Waals surface area contributed by atoms with Gasteiger partial charge in [-0.3, -0.25) is 0 Å². The number of aromatic carboxylic acids is 1. The first-order valence-electron chi connectivity index (χ1n) is 12.1. The van der Waals surface area contributed by atoms with Gasteiger partial charge in [0.15, 0.2) is 0 Å². The second-order valence-electron chi connectivity index (χ2n) is 9.63. The Hall–Kier alpha value is -3.91. The third-order valence-electron chi connectivity index (χ3n) is 5.80. The number of hydrogen-bond acceptors (Lipinski definition) is 6. The molecule has 3 aromatic rings. The minimum atomic E-state index is -4.42. The van der Waals surface area contributed by atoms with Gasteiger partial charge in [0.2, 0.25) is 0 Å². The molecular formula is C29H29F3N2O5. The lowest BCUT2D eigenvalue weighted by Crippen LogP contribution is -2.47. The van der Waals surface area contributed by atoms with Crippen LogP contribution in [0.5, 0.6) is 5.75 Å². The van der Waals surface area contributed by atoms with Crippen LogP contribution in [0.2, 0.25) is 0 Å². The van der Waals surface area contributed by atoms with E-state index in [1.807, 2.05) is 19.9 Å². The Bertz CT molecular complexity index is 1320. The molecule has 10 heteroatoms. The van der Waals surface area contributed by atoms with E-state index < -0.39 is 29.4 Å². The molecule has 3 aromatic carbocycles. The lowest BCUT2D eigenvalue weighted by atomic mass is 10.0. The number of aliphatic hydroxyl groups excluding tert-OH is 1. The maximum Gasteiger partial charge on any atom is 0.416 e. The van der Waals surface area contributed by atoms with Crippen molar-refractivity contribution in [1.82, 2.24) is 5.32 Å². The Morgan fingerprint density at radius 2 is 1.74 bits per heavy atom. The van der Waals surface area contributed by atoms with E-state index in [4.69, 9.17) is 14.6 Å². The molecule has 0 bridgehead atoms. The van der Waals surface area contributed by atoms with Gasteiger partial charge in [-0.25, -0.2) is 4.79 Å². The van der Waals surface area contributed by atoms with Crippen molar-refractivity contribution in [2.75, 3.05) is 19.8 Å². The second kappa shape index (κ2) is 12.8. The number of nitriles is 1. The minimum Gasteiger partial charge on any atom is -0.489 e. The first kappa shape index (κ1) is 29.6. The lowest BCUT2D eigenvalue weighted by molar-refractivity contribution is -0.137. The van der Waals surface area contributed by atoms with Crippen LogP contribution < -0.4 is 10.1 Å². The molecule has 1 atom stereocenters. The molecule has 0 heterocycles. The summed E-state index contributed by atoms with van der Waals surface area (Å²) < 4.78 is 50.0. The van der Waals surface area contributed by atoms with E-state index in [9.17, 15) is 28.3 Å². The SMILES string of the molecule is CC(C)(COCc1cccc(C(F)(F)F)c1)NCC(O)COc1cc(-c2ccc(C(=O)O)cc2)ccc1C#N. The first-order valence-corrected chi connectivity index (χ1v) is 12.1. The maximum atomic E-state index is 12.9. The highest BCUT2D eigenvalue weighted by molar-refractivity contribution is 5.88. The summed E-state index contributed by atoms with van der Waals surface area (Å²) in [7, 11) is 0. The van der Waals surface area contributed by atoms with Gasteiger partial charge in [-0.15, -0.1) is 0 Å². The fourth-order valence-corrected chi connectivity index (χ4v) is 3.67.